The van der Waals surface area contributed by atoms with Crippen LogP contribution >= 0.6 is 0 Å². The molecular weight excluding hydrogens is 366 g/mol. The summed E-state index contributed by atoms with van der Waals surface area (Å²) in [4.78, 5) is 28.2. The topological polar surface area (TPSA) is 49.9 Å². The molecule has 2 amide bonds. The van der Waals surface area contributed by atoms with Gasteiger partial charge in [-0.15, -0.1) is 0 Å². The van der Waals surface area contributed by atoms with Crippen molar-refractivity contribution < 1.29 is 23.1 Å². The van der Waals surface area contributed by atoms with Gasteiger partial charge in [0.05, 0.1) is 12.1 Å². The smallest absolute Gasteiger partial charge is 0.253 e. The highest BCUT2D eigenvalue weighted by Gasteiger charge is 2.43. The molecule has 0 radical (unpaired) electrons. The molecule has 146 valence electrons. The average molecular weight is 386 g/mol. The van der Waals surface area contributed by atoms with Crippen LogP contribution in [0.4, 0.5) is 14.5 Å². The number of anilines is 1. The van der Waals surface area contributed by atoms with Crippen LogP contribution in [-0.2, 0) is 9.53 Å². The van der Waals surface area contributed by atoms with Gasteiger partial charge in [-0.1, -0.05) is 6.07 Å². The minimum absolute atomic E-state index is 0.0670. The van der Waals surface area contributed by atoms with Gasteiger partial charge in [-0.2, -0.15) is 0 Å². The largest absolute Gasteiger partial charge is 0.363 e. The Morgan fingerprint density at radius 3 is 2.39 bits per heavy atom. The first-order valence-corrected chi connectivity index (χ1v) is 9.21. The van der Waals surface area contributed by atoms with Crippen LogP contribution in [-0.4, -0.2) is 48.6 Å². The molecule has 2 aromatic carbocycles. The maximum absolute atomic E-state index is 13.6. The van der Waals surface area contributed by atoms with Crippen molar-refractivity contribution in [3.63, 3.8) is 0 Å². The molecule has 2 aliphatic heterocycles. The molecule has 0 unspecified atom stereocenters. The molecule has 2 saturated heterocycles. The van der Waals surface area contributed by atoms with Crippen molar-refractivity contribution in [1.29, 1.82) is 0 Å². The van der Waals surface area contributed by atoms with E-state index in [9.17, 15) is 18.4 Å². The molecule has 2 fully saturated rings. The predicted octanol–water partition coefficient (Wildman–Crippen LogP) is 3.00. The first-order valence-electron chi connectivity index (χ1n) is 9.21. The number of piperidine rings is 1. The molecule has 2 aliphatic rings. The monoisotopic (exact) mass is 386 g/mol. The molecule has 0 aromatic heterocycles. The van der Waals surface area contributed by atoms with Gasteiger partial charge < -0.3 is 14.5 Å². The number of carbonyl (C=O) groups excluding carboxylic acids is 2. The lowest BCUT2D eigenvalue weighted by molar-refractivity contribution is -0.143. The van der Waals surface area contributed by atoms with Crippen LogP contribution in [0, 0.1) is 11.6 Å². The fourth-order valence-corrected chi connectivity index (χ4v) is 3.79. The minimum Gasteiger partial charge on any atom is -0.363 e. The van der Waals surface area contributed by atoms with Gasteiger partial charge in [0.1, 0.15) is 18.2 Å². The summed E-state index contributed by atoms with van der Waals surface area (Å²) in [7, 11) is 0. The number of hydrogen-bond donors (Lipinski definition) is 0. The lowest BCUT2D eigenvalue weighted by Gasteiger charge is -2.47. The van der Waals surface area contributed by atoms with Crippen LogP contribution in [0.2, 0.25) is 0 Å². The molecule has 0 aliphatic carbocycles. The Morgan fingerprint density at radius 1 is 1.00 bits per heavy atom. The van der Waals surface area contributed by atoms with Crippen LogP contribution in [0.15, 0.2) is 48.5 Å². The number of benzene rings is 2. The second-order valence-corrected chi connectivity index (χ2v) is 7.23. The number of nitrogens with zero attached hydrogens (tertiary/aromatic N) is 2. The first-order chi connectivity index (χ1) is 13.5. The molecular formula is C21H20F2N2O3. The van der Waals surface area contributed by atoms with E-state index in [1.807, 2.05) is 0 Å². The summed E-state index contributed by atoms with van der Waals surface area (Å²) >= 11 is 0. The Balaban J connectivity index is 1.45. The quantitative estimate of drug-likeness (QED) is 0.797. The fraction of sp³-hybridized carbons (Fsp3) is 0.333. The molecule has 0 bridgehead atoms. The third-order valence-corrected chi connectivity index (χ3v) is 5.42. The number of ether oxygens (including phenoxy) is 1. The van der Waals surface area contributed by atoms with Crippen molar-refractivity contribution in [2.24, 2.45) is 0 Å². The molecule has 4 rings (SSSR count). The van der Waals surface area contributed by atoms with Crippen LogP contribution < -0.4 is 4.90 Å². The molecule has 0 atom stereocenters. The number of halogens is 2. The fourth-order valence-electron chi connectivity index (χ4n) is 3.79. The van der Waals surface area contributed by atoms with Gasteiger partial charge in [0.25, 0.3) is 11.8 Å². The maximum Gasteiger partial charge on any atom is 0.253 e. The first kappa shape index (κ1) is 18.6. The normalized spacial score (nSPS) is 19.1. The molecule has 5 nitrogen and oxygen atoms in total. The SMILES string of the molecule is O=C(c1ccc(F)cc1)N1CCC2(CC1)CN(c1cccc(F)c1)C(=O)CO2. The maximum atomic E-state index is 13.6. The van der Waals surface area contributed by atoms with Gasteiger partial charge in [0.2, 0.25) is 0 Å². The molecule has 1 spiro atoms. The molecule has 2 aromatic rings. The summed E-state index contributed by atoms with van der Waals surface area (Å²) in [6.45, 7) is 1.21. The Labute approximate surface area is 161 Å². The van der Waals surface area contributed by atoms with E-state index in [4.69, 9.17) is 4.74 Å². The standard InChI is InChI=1S/C21H20F2N2O3/c22-16-6-4-15(5-7-16)20(27)24-10-8-21(9-11-24)14-25(19(26)13-28-21)18-3-1-2-17(23)12-18/h1-7,12H,8-11,13-14H2. The van der Waals surface area contributed by atoms with Crippen LogP contribution in [0.5, 0.6) is 0 Å². The minimum atomic E-state index is -0.556. The summed E-state index contributed by atoms with van der Waals surface area (Å²) in [6.07, 6.45) is 1.14. The summed E-state index contributed by atoms with van der Waals surface area (Å²) in [5, 5.41) is 0. The number of amides is 2. The average Bonchev–Trinajstić information content (AvgIpc) is 2.71. The van der Waals surface area contributed by atoms with E-state index in [-0.39, 0.29) is 24.2 Å². The van der Waals surface area contributed by atoms with Gasteiger partial charge in [-0.25, -0.2) is 8.78 Å². The van der Waals surface area contributed by atoms with Gasteiger partial charge in [0.15, 0.2) is 0 Å². The van der Waals surface area contributed by atoms with Crippen molar-refractivity contribution in [2.75, 3.05) is 31.1 Å². The number of carbonyl (C=O) groups is 2. The van der Waals surface area contributed by atoms with E-state index in [0.717, 1.165) is 0 Å². The lowest BCUT2D eigenvalue weighted by Crippen LogP contribution is -2.59. The van der Waals surface area contributed by atoms with E-state index in [1.54, 1.807) is 21.9 Å². The molecule has 2 heterocycles. The highest BCUT2D eigenvalue weighted by Crippen LogP contribution is 2.33. The second-order valence-electron chi connectivity index (χ2n) is 7.23. The van der Waals surface area contributed by atoms with E-state index in [2.05, 4.69) is 0 Å². The van der Waals surface area contributed by atoms with Crippen molar-refractivity contribution in [3.8, 4) is 0 Å². The van der Waals surface area contributed by atoms with Crippen LogP contribution in [0.1, 0.15) is 23.2 Å². The third kappa shape index (κ3) is 3.62. The highest BCUT2D eigenvalue weighted by atomic mass is 19.1. The van der Waals surface area contributed by atoms with Crippen molar-refractivity contribution in [2.45, 2.75) is 18.4 Å². The van der Waals surface area contributed by atoms with E-state index >= 15 is 0 Å². The van der Waals surface area contributed by atoms with Gasteiger partial charge in [0, 0.05) is 24.3 Å². The second kappa shape index (κ2) is 7.31. The van der Waals surface area contributed by atoms with E-state index in [1.165, 1.54) is 36.4 Å². The Hall–Kier alpha value is -2.80. The van der Waals surface area contributed by atoms with Crippen LogP contribution in [0.25, 0.3) is 0 Å². The highest BCUT2D eigenvalue weighted by molar-refractivity contribution is 5.95. The van der Waals surface area contributed by atoms with E-state index in [0.29, 0.717) is 43.7 Å². The molecule has 28 heavy (non-hydrogen) atoms. The van der Waals surface area contributed by atoms with Crippen molar-refractivity contribution in [1.82, 2.24) is 4.90 Å². The molecule has 0 saturated carbocycles. The molecule has 7 heteroatoms. The van der Waals surface area contributed by atoms with Crippen molar-refractivity contribution >= 4 is 17.5 Å². The number of rotatable bonds is 2. The van der Waals surface area contributed by atoms with Gasteiger partial charge >= 0.3 is 0 Å². The van der Waals surface area contributed by atoms with Crippen LogP contribution in [0.3, 0.4) is 0 Å². The zero-order chi connectivity index (χ0) is 19.7. The predicted molar refractivity (Wildman–Crippen MR) is 99.0 cm³/mol. The lowest BCUT2D eigenvalue weighted by atomic mass is 9.88. The Kier molecular flexibility index (Phi) is 4.85. The van der Waals surface area contributed by atoms with E-state index < -0.39 is 11.4 Å². The summed E-state index contributed by atoms with van der Waals surface area (Å²) < 4.78 is 32.5. The number of morpholine rings is 1. The summed E-state index contributed by atoms with van der Waals surface area (Å²) in [5.74, 6) is -1.14. The zero-order valence-electron chi connectivity index (χ0n) is 15.2. The molecule has 0 N–H and O–H groups in total. The number of likely N-dealkylation sites (tertiary alicyclic amines) is 1. The Bertz CT molecular complexity index is 893. The summed E-state index contributed by atoms with van der Waals surface area (Å²) in [6, 6.07) is 11.4. The third-order valence-electron chi connectivity index (χ3n) is 5.42. The number of hydrogen-bond acceptors (Lipinski definition) is 3. The van der Waals surface area contributed by atoms with Gasteiger partial charge in [-0.05, 0) is 55.3 Å². The van der Waals surface area contributed by atoms with Crippen molar-refractivity contribution in [3.05, 3.63) is 65.7 Å². The Morgan fingerprint density at radius 2 is 1.71 bits per heavy atom. The summed E-state index contributed by atoms with van der Waals surface area (Å²) in [5.41, 5.74) is 0.399. The zero-order valence-corrected chi connectivity index (χ0v) is 15.2. The van der Waals surface area contributed by atoms with Gasteiger partial charge in [-0.3, -0.25) is 9.59 Å².